The molecule has 1 saturated heterocycles. The first-order chi connectivity index (χ1) is 6.70. The fourth-order valence-electron chi connectivity index (χ4n) is 2.20. The van der Waals surface area contributed by atoms with Crippen molar-refractivity contribution in [3.63, 3.8) is 0 Å². The fraction of sp³-hybridized carbons (Fsp3) is 1.00. The molecule has 1 aliphatic rings. The molecule has 1 atom stereocenters. The van der Waals surface area contributed by atoms with E-state index in [0.717, 1.165) is 13.1 Å². The SMILES string of the molecule is CCNC(C)(CO)CN1CCCCC1. The van der Waals surface area contributed by atoms with E-state index in [9.17, 15) is 5.11 Å². The van der Waals surface area contributed by atoms with E-state index in [0.29, 0.717) is 0 Å². The van der Waals surface area contributed by atoms with Crippen molar-refractivity contribution in [1.82, 2.24) is 10.2 Å². The highest BCUT2D eigenvalue weighted by molar-refractivity contribution is 4.86. The third-order valence-electron chi connectivity index (χ3n) is 2.97. The molecular weight excluding hydrogens is 176 g/mol. The van der Waals surface area contributed by atoms with Crippen molar-refractivity contribution in [1.29, 1.82) is 0 Å². The maximum Gasteiger partial charge on any atom is 0.0623 e. The van der Waals surface area contributed by atoms with Crippen molar-refractivity contribution < 1.29 is 5.11 Å². The van der Waals surface area contributed by atoms with Gasteiger partial charge in [-0.05, 0) is 39.4 Å². The number of aliphatic hydroxyl groups excluding tert-OH is 1. The molecule has 0 aliphatic carbocycles. The van der Waals surface area contributed by atoms with Crippen LogP contribution in [0.4, 0.5) is 0 Å². The molecule has 1 fully saturated rings. The molecule has 14 heavy (non-hydrogen) atoms. The second-order valence-corrected chi connectivity index (χ2v) is 4.59. The zero-order valence-electron chi connectivity index (χ0n) is 9.55. The van der Waals surface area contributed by atoms with Gasteiger partial charge in [0.25, 0.3) is 0 Å². The van der Waals surface area contributed by atoms with Crippen LogP contribution in [0, 0.1) is 0 Å². The van der Waals surface area contributed by atoms with Crippen molar-refractivity contribution in [3.05, 3.63) is 0 Å². The Hall–Kier alpha value is -0.120. The summed E-state index contributed by atoms with van der Waals surface area (Å²) in [5, 5.41) is 12.7. The second-order valence-electron chi connectivity index (χ2n) is 4.59. The topological polar surface area (TPSA) is 35.5 Å². The van der Waals surface area contributed by atoms with Crippen LogP contribution in [0.15, 0.2) is 0 Å². The predicted octanol–water partition coefficient (Wildman–Crippen LogP) is 0.833. The number of hydrogen-bond acceptors (Lipinski definition) is 3. The zero-order valence-corrected chi connectivity index (χ0v) is 9.55. The van der Waals surface area contributed by atoms with Crippen LogP contribution in [0.1, 0.15) is 33.1 Å². The molecule has 0 amide bonds. The number of likely N-dealkylation sites (N-methyl/N-ethyl adjacent to an activating group) is 1. The van der Waals surface area contributed by atoms with Crippen molar-refractivity contribution in [2.45, 2.75) is 38.6 Å². The predicted molar refractivity (Wildman–Crippen MR) is 59.5 cm³/mol. The summed E-state index contributed by atoms with van der Waals surface area (Å²) in [4.78, 5) is 2.46. The summed E-state index contributed by atoms with van der Waals surface area (Å²) in [6.45, 7) is 8.69. The molecular formula is C11H24N2O. The Morgan fingerprint density at radius 2 is 1.93 bits per heavy atom. The van der Waals surface area contributed by atoms with Gasteiger partial charge in [-0.2, -0.15) is 0 Å². The standard InChI is InChI=1S/C11H24N2O/c1-3-12-11(2,10-14)9-13-7-5-4-6-8-13/h12,14H,3-10H2,1-2H3. The molecule has 1 unspecified atom stereocenters. The van der Waals surface area contributed by atoms with Crippen LogP contribution in [-0.2, 0) is 0 Å². The number of likely N-dealkylation sites (tertiary alicyclic amines) is 1. The lowest BCUT2D eigenvalue weighted by molar-refractivity contribution is 0.110. The van der Waals surface area contributed by atoms with Crippen molar-refractivity contribution in [2.24, 2.45) is 0 Å². The number of nitrogens with zero attached hydrogens (tertiary/aromatic N) is 1. The summed E-state index contributed by atoms with van der Waals surface area (Å²) in [6.07, 6.45) is 3.99. The Balaban J connectivity index is 2.37. The Bertz CT molecular complexity index is 157. The molecule has 1 aliphatic heterocycles. The summed E-state index contributed by atoms with van der Waals surface area (Å²) in [7, 11) is 0. The number of hydrogen-bond donors (Lipinski definition) is 2. The molecule has 0 bridgehead atoms. The van der Waals surface area contributed by atoms with E-state index in [2.05, 4.69) is 24.1 Å². The van der Waals surface area contributed by atoms with Crippen LogP contribution in [0.25, 0.3) is 0 Å². The Morgan fingerprint density at radius 3 is 2.43 bits per heavy atom. The minimum atomic E-state index is -0.119. The first kappa shape index (κ1) is 12.0. The van der Waals surface area contributed by atoms with Crippen LogP contribution in [0.5, 0.6) is 0 Å². The van der Waals surface area contributed by atoms with E-state index in [1.807, 2.05) is 0 Å². The summed E-state index contributed by atoms with van der Waals surface area (Å²) >= 11 is 0. The van der Waals surface area contributed by atoms with Gasteiger partial charge in [-0.3, -0.25) is 0 Å². The maximum atomic E-state index is 9.36. The summed E-state index contributed by atoms with van der Waals surface area (Å²) in [5.74, 6) is 0. The van der Waals surface area contributed by atoms with Gasteiger partial charge in [-0.15, -0.1) is 0 Å². The number of piperidine rings is 1. The highest BCUT2D eigenvalue weighted by Crippen LogP contribution is 2.13. The van der Waals surface area contributed by atoms with Crippen LogP contribution in [0.2, 0.25) is 0 Å². The normalized spacial score (nSPS) is 23.4. The molecule has 3 nitrogen and oxygen atoms in total. The molecule has 0 aromatic heterocycles. The fourth-order valence-corrected chi connectivity index (χ4v) is 2.20. The molecule has 0 aromatic carbocycles. The van der Waals surface area contributed by atoms with Crippen LogP contribution < -0.4 is 5.32 Å². The number of rotatable bonds is 5. The molecule has 0 spiro atoms. The van der Waals surface area contributed by atoms with E-state index < -0.39 is 0 Å². The Morgan fingerprint density at radius 1 is 1.29 bits per heavy atom. The third-order valence-corrected chi connectivity index (χ3v) is 2.97. The lowest BCUT2D eigenvalue weighted by atomic mass is 10.0. The highest BCUT2D eigenvalue weighted by atomic mass is 16.3. The maximum absolute atomic E-state index is 9.36. The van der Waals surface area contributed by atoms with Gasteiger partial charge in [0, 0.05) is 6.54 Å². The Labute approximate surface area is 87.5 Å². The summed E-state index contributed by atoms with van der Waals surface area (Å²) in [6, 6.07) is 0. The van der Waals surface area contributed by atoms with Gasteiger partial charge >= 0.3 is 0 Å². The van der Waals surface area contributed by atoms with Crippen LogP contribution in [-0.4, -0.2) is 48.3 Å². The van der Waals surface area contributed by atoms with Gasteiger partial charge in [-0.1, -0.05) is 13.3 Å². The number of nitrogens with one attached hydrogen (secondary N) is 1. The van der Waals surface area contributed by atoms with E-state index in [1.54, 1.807) is 0 Å². The zero-order chi connectivity index (χ0) is 10.4. The average molecular weight is 200 g/mol. The first-order valence-corrected chi connectivity index (χ1v) is 5.78. The molecule has 0 saturated carbocycles. The minimum Gasteiger partial charge on any atom is -0.394 e. The Kier molecular flexibility index (Phi) is 4.85. The van der Waals surface area contributed by atoms with E-state index in [-0.39, 0.29) is 12.1 Å². The van der Waals surface area contributed by atoms with Crippen molar-refractivity contribution >= 4 is 0 Å². The van der Waals surface area contributed by atoms with Crippen LogP contribution in [0.3, 0.4) is 0 Å². The highest BCUT2D eigenvalue weighted by Gasteiger charge is 2.25. The summed E-state index contributed by atoms with van der Waals surface area (Å²) in [5.41, 5.74) is -0.119. The number of aliphatic hydroxyl groups is 1. The average Bonchev–Trinajstić information content (AvgIpc) is 2.20. The molecule has 84 valence electrons. The second kappa shape index (κ2) is 5.69. The lowest BCUT2D eigenvalue weighted by Gasteiger charge is -2.36. The van der Waals surface area contributed by atoms with E-state index in [1.165, 1.54) is 32.4 Å². The van der Waals surface area contributed by atoms with Gasteiger partial charge in [0.05, 0.1) is 12.1 Å². The molecule has 2 N–H and O–H groups in total. The quantitative estimate of drug-likeness (QED) is 0.690. The van der Waals surface area contributed by atoms with Crippen molar-refractivity contribution in [3.8, 4) is 0 Å². The molecule has 1 rings (SSSR count). The molecule has 3 heteroatoms. The van der Waals surface area contributed by atoms with Crippen molar-refractivity contribution in [2.75, 3.05) is 32.8 Å². The molecule has 1 heterocycles. The third kappa shape index (κ3) is 3.56. The van der Waals surface area contributed by atoms with E-state index >= 15 is 0 Å². The van der Waals surface area contributed by atoms with Gasteiger partial charge in [0.15, 0.2) is 0 Å². The molecule has 0 radical (unpaired) electrons. The largest absolute Gasteiger partial charge is 0.394 e. The smallest absolute Gasteiger partial charge is 0.0623 e. The summed E-state index contributed by atoms with van der Waals surface area (Å²) < 4.78 is 0. The van der Waals surface area contributed by atoms with Gasteiger partial charge in [0.2, 0.25) is 0 Å². The van der Waals surface area contributed by atoms with E-state index in [4.69, 9.17) is 0 Å². The van der Waals surface area contributed by atoms with Gasteiger partial charge in [-0.25, -0.2) is 0 Å². The van der Waals surface area contributed by atoms with Gasteiger partial charge in [0.1, 0.15) is 0 Å². The minimum absolute atomic E-state index is 0.119. The van der Waals surface area contributed by atoms with Crippen LogP contribution >= 0.6 is 0 Å². The lowest BCUT2D eigenvalue weighted by Crippen LogP contribution is -2.54. The molecule has 0 aromatic rings. The monoisotopic (exact) mass is 200 g/mol. The van der Waals surface area contributed by atoms with Gasteiger partial charge < -0.3 is 15.3 Å². The first-order valence-electron chi connectivity index (χ1n) is 5.78.